The Kier molecular flexibility index (Phi) is 3.08. The van der Waals surface area contributed by atoms with Gasteiger partial charge in [0.1, 0.15) is 6.23 Å². The molecule has 0 amide bonds. The predicted octanol–water partition coefficient (Wildman–Crippen LogP) is 2.77. The SMILES string of the molecule is CC(C)c1ccc(C2OCCN2C)cc1. The zero-order chi connectivity index (χ0) is 10.8. The van der Waals surface area contributed by atoms with Crippen molar-refractivity contribution >= 4 is 0 Å². The molecule has 1 heterocycles. The molecular formula is C13H19NO. The zero-order valence-electron chi connectivity index (χ0n) is 9.73. The second kappa shape index (κ2) is 4.33. The quantitative estimate of drug-likeness (QED) is 0.736. The molecule has 1 unspecified atom stereocenters. The molecule has 0 N–H and O–H groups in total. The van der Waals surface area contributed by atoms with Crippen molar-refractivity contribution in [3.05, 3.63) is 35.4 Å². The summed E-state index contributed by atoms with van der Waals surface area (Å²) in [7, 11) is 2.11. The summed E-state index contributed by atoms with van der Waals surface area (Å²) in [5.74, 6) is 0.598. The van der Waals surface area contributed by atoms with Crippen molar-refractivity contribution in [1.82, 2.24) is 4.90 Å². The number of ether oxygens (including phenoxy) is 1. The van der Waals surface area contributed by atoms with Crippen molar-refractivity contribution in [1.29, 1.82) is 0 Å². The highest BCUT2D eigenvalue weighted by atomic mass is 16.5. The second-order valence-corrected chi connectivity index (χ2v) is 4.53. The molecule has 15 heavy (non-hydrogen) atoms. The van der Waals surface area contributed by atoms with Gasteiger partial charge in [-0.15, -0.1) is 0 Å². The van der Waals surface area contributed by atoms with Crippen molar-refractivity contribution < 1.29 is 4.74 Å². The van der Waals surface area contributed by atoms with E-state index in [4.69, 9.17) is 4.74 Å². The highest BCUT2D eigenvalue weighted by Gasteiger charge is 2.22. The third-order valence-electron chi connectivity index (χ3n) is 3.01. The van der Waals surface area contributed by atoms with Crippen LogP contribution in [-0.4, -0.2) is 25.1 Å². The molecule has 1 saturated heterocycles. The summed E-state index contributed by atoms with van der Waals surface area (Å²) in [4.78, 5) is 2.24. The molecule has 0 radical (unpaired) electrons. The minimum atomic E-state index is 0.159. The second-order valence-electron chi connectivity index (χ2n) is 4.53. The summed E-state index contributed by atoms with van der Waals surface area (Å²) in [6.45, 7) is 6.30. The largest absolute Gasteiger partial charge is 0.358 e. The van der Waals surface area contributed by atoms with Gasteiger partial charge in [-0.2, -0.15) is 0 Å². The van der Waals surface area contributed by atoms with Crippen molar-refractivity contribution in [3.8, 4) is 0 Å². The van der Waals surface area contributed by atoms with Gasteiger partial charge in [-0.1, -0.05) is 38.1 Å². The van der Waals surface area contributed by atoms with E-state index >= 15 is 0 Å². The van der Waals surface area contributed by atoms with Gasteiger partial charge in [-0.05, 0) is 24.1 Å². The fourth-order valence-corrected chi connectivity index (χ4v) is 1.95. The summed E-state index contributed by atoms with van der Waals surface area (Å²) in [6.07, 6.45) is 0.159. The number of benzene rings is 1. The summed E-state index contributed by atoms with van der Waals surface area (Å²) >= 11 is 0. The van der Waals surface area contributed by atoms with Crippen LogP contribution in [0.1, 0.15) is 37.1 Å². The molecule has 0 bridgehead atoms. The van der Waals surface area contributed by atoms with Crippen LogP contribution in [0.3, 0.4) is 0 Å². The van der Waals surface area contributed by atoms with Crippen LogP contribution >= 0.6 is 0 Å². The first kappa shape index (κ1) is 10.7. The highest BCUT2D eigenvalue weighted by Crippen LogP contribution is 2.26. The van der Waals surface area contributed by atoms with Crippen LogP contribution < -0.4 is 0 Å². The van der Waals surface area contributed by atoms with Gasteiger partial charge in [0.15, 0.2) is 0 Å². The van der Waals surface area contributed by atoms with Crippen molar-refractivity contribution in [2.75, 3.05) is 20.2 Å². The number of hydrogen-bond acceptors (Lipinski definition) is 2. The van der Waals surface area contributed by atoms with E-state index < -0.39 is 0 Å². The molecule has 0 spiro atoms. The lowest BCUT2D eigenvalue weighted by molar-refractivity contribution is 0.0453. The normalized spacial score (nSPS) is 22.5. The summed E-state index contributed by atoms with van der Waals surface area (Å²) in [5, 5.41) is 0. The van der Waals surface area contributed by atoms with Crippen LogP contribution in [0, 0.1) is 0 Å². The van der Waals surface area contributed by atoms with E-state index in [0.717, 1.165) is 13.2 Å². The van der Waals surface area contributed by atoms with E-state index in [1.165, 1.54) is 11.1 Å². The fraction of sp³-hybridized carbons (Fsp3) is 0.538. The molecule has 0 aliphatic carbocycles. The maximum Gasteiger partial charge on any atom is 0.136 e. The Balaban J connectivity index is 2.16. The highest BCUT2D eigenvalue weighted by molar-refractivity contribution is 5.26. The minimum Gasteiger partial charge on any atom is -0.358 e. The van der Waals surface area contributed by atoms with E-state index in [-0.39, 0.29) is 6.23 Å². The first-order chi connectivity index (χ1) is 7.18. The van der Waals surface area contributed by atoms with Crippen molar-refractivity contribution in [3.63, 3.8) is 0 Å². The van der Waals surface area contributed by atoms with Gasteiger partial charge in [0.2, 0.25) is 0 Å². The maximum absolute atomic E-state index is 5.68. The van der Waals surface area contributed by atoms with E-state index in [2.05, 4.69) is 50.1 Å². The summed E-state index contributed by atoms with van der Waals surface area (Å²) < 4.78 is 5.68. The van der Waals surface area contributed by atoms with Gasteiger partial charge in [-0.25, -0.2) is 0 Å². The van der Waals surface area contributed by atoms with E-state index in [9.17, 15) is 0 Å². The predicted molar refractivity (Wildman–Crippen MR) is 61.9 cm³/mol. The van der Waals surface area contributed by atoms with Crippen LogP contribution in [0.5, 0.6) is 0 Å². The van der Waals surface area contributed by atoms with Gasteiger partial charge in [0.25, 0.3) is 0 Å². The van der Waals surface area contributed by atoms with Gasteiger partial charge in [-0.3, -0.25) is 4.90 Å². The number of likely N-dealkylation sites (N-methyl/N-ethyl adjacent to an activating group) is 1. The molecule has 2 rings (SSSR count). The number of hydrogen-bond donors (Lipinski definition) is 0. The molecule has 82 valence electrons. The molecule has 1 atom stereocenters. The van der Waals surface area contributed by atoms with E-state index in [0.29, 0.717) is 5.92 Å². The number of nitrogens with zero attached hydrogens (tertiary/aromatic N) is 1. The molecule has 2 heteroatoms. The Labute approximate surface area is 91.9 Å². The van der Waals surface area contributed by atoms with E-state index in [1.807, 2.05) is 0 Å². The molecule has 1 aromatic carbocycles. The van der Waals surface area contributed by atoms with Crippen molar-refractivity contribution in [2.24, 2.45) is 0 Å². The summed E-state index contributed by atoms with van der Waals surface area (Å²) in [6, 6.07) is 8.77. The summed E-state index contributed by atoms with van der Waals surface area (Å²) in [5.41, 5.74) is 2.65. The first-order valence-corrected chi connectivity index (χ1v) is 5.60. The van der Waals surface area contributed by atoms with E-state index in [1.54, 1.807) is 0 Å². The van der Waals surface area contributed by atoms with Crippen LogP contribution in [0.4, 0.5) is 0 Å². The average molecular weight is 205 g/mol. The van der Waals surface area contributed by atoms with Gasteiger partial charge in [0.05, 0.1) is 6.61 Å². The van der Waals surface area contributed by atoms with Gasteiger partial charge < -0.3 is 4.74 Å². The van der Waals surface area contributed by atoms with Crippen LogP contribution in [0.15, 0.2) is 24.3 Å². The van der Waals surface area contributed by atoms with Crippen LogP contribution in [-0.2, 0) is 4.74 Å². The fourth-order valence-electron chi connectivity index (χ4n) is 1.95. The third kappa shape index (κ3) is 2.21. The Morgan fingerprint density at radius 3 is 2.40 bits per heavy atom. The van der Waals surface area contributed by atoms with Crippen LogP contribution in [0.2, 0.25) is 0 Å². The Morgan fingerprint density at radius 2 is 1.93 bits per heavy atom. The molecule has 1 aliphatic heterocycles. The molecule has 0 aromatic heterocycles. The van der Waals surface area contributed by atoms with Crippen LogP contribution in [0.25, 0.3) is 0 Å². The first-order valence-electron chi connectivity index (χ1n) is 5.60. The topological polar surface area (TPSA) is 12.5 Å². The Hall–Kier alpha value is -0.860. The lowest BCUT2D eigenvalue weighted by Crippen LogP contribution is -2.18. The monoisotopic (exact) mass is 205 g/mol. The van der Waals surface area contributed by atoms with Gasteiger partial charge in [0, 0.05) is 6.54 Å². The maximum atomic E-state index is 5.68. The molecule has 1 aliphatic rings. The standard InChI is InChI=1S/C13H19NO/c1-10(2)11-4-6-12(7-5-11)13-14(3)8-9-15-13/h4-7,10,13H,8-9H2,1-3H3. The Morgan fingerprint density at radius 1 is 1.27 bits per heavy atom. The van der Waals surface area contributed by atoms with Crippen molar-refractivity contribution in [2.45, 2.75) is 26.0 Å². The molecule has 2 nitrogen and oxygen atoms in total. The smallest absolute Gasteiger partial charge is 0.136 e. The minimum absolute atomic E-state index is 0.159. The Bertz CT molecular complexity index is 318. The lowest BCUT2D eigenvalue weighted by atomic mass is 10.0. The van der Waals surface area contributed by atoms with Gasteiger partial charge >= 0.3 is 0 Å². The zero-order valence-corrected chi connectivity index (χ0v) is 9.73. The number of rotatable bonds is 2. The lowest BCUT2D eigenvalue weighted by Gasteiger charge is -2.18. The third-order valence-corrected chi connectivity index (χ3v) is 3.01. The molecular weight excluding hydrogens is 186 g/mol. The molecule has 1 fully saturated rings. The molecule has 1 aromatic rings. The average Bonchev–Trinajstić information content (AvgIpc) is 2.65. The molecule has 0 saturated carbocycles.